The maximum absolute atomic E-state index is 6.59. The third kappa shape index (κ3) is 8.07. The maximum atomic E-state index is 6.59. The summed E-state index contributed by atoms with van der Waals surface area (Å²) in [5, 5.41) is 0. The van der Waals surface area contributed by atoms with Crippen molar-refractivity contribution in [3.63, 3.8) is 0 Å². The summed E-state index contributed by atoms with van der Waals surface area (Å²) in [4.78, 5) is 0. The van der Waals surface area contributed by atoms with Gasteiger partial charge in [0.1, 0.15) is 24.4 Å². The molecule has 0 aliphatic carbocycles. The van der Waals surface area contributed by atoms with E-state index in [9.17, 15) is 0 Å². The maximum Gasteiger partial charge on any atom is 0.187 e. The Balaban J connectivity index is 1.58. The van der Waals surface area contributed by atoms with E-state index in [1.807, 2.05) is 62.4 Å². The Morgan fingerprint density at radius 3 is 2.27 bits per heavy atom. The number of ether oxygens (including phenoxy) is 6. The van der Waals surface area contributed by atoms with Gasteiger partial charge in [-0.1, -0.05) is 92.5 Å². The summed E-state index contributed by atoms with van der Waals surface area (Å²) in [6, 6.07) is 21.1. The fourth-order valence-electron chi connectivity index (χ4n) is 4.85. The summed E-state index contributed by atoms with van der Waals surface area (Å²) >= 11 is 0. The van der Waals surface area contributed by atoms with Gasteiger partial charge in [-0.15, -0.1) is 0 Å². The Kier molecular flexibility index (Phi) is 9.75. The molecule has 2 heterocycles. The van der Waals surface area contributed by atoms with Crippen LogP contribution >= 0.6 is 0 Å². The Morgan fingerprint density at radius 2 is 1.62 bits per heavy atom. The van der Waals surface area contributed by atoms with Gasteiger partial charge in [0.2, 0.25) is 0 Å². The van der Waals surface area contributed by atoms with Crippen molar-refractivity contribution in [3.8, 4) is 0 Å². The van der Waals surface area contributed by atoms with Gasteiger partial charge in [-0.25, -0.2) is 0 Å². The summed E-state index contributed by atoms with van der Waals surface area (Å²) < 4.78 is 38.4. The molecule has 4 rings (SSSR count). The minimum atomic E-state index is -1.32. The van der Waals surface area contributed by atoms with Crippen molar-refractivity contribution in [1.82, 2.24) is 0 Å². The molecule has 2 aromatic rings. The molecule has 0 aromatic heterocycles. The molecule has 2 aliphatic rings. The average Bonchev–Trinajstić information content (AvgIpc) is 2.86. The molecule has 2 fully saturated rings. The minimum absolute atomic E-state index is 0.0462. The van der Waals surface area contributed by atoms with Gasteiger partial charge in [-0.05, 0) is 25.5 Å². The van der Waals surface area contributed by atoms with Crippen LogP contribution in [-0.4, -0.2) is 58.1 Å². The molecule has 2 saturated heterocycles. The van der Waals surface area contributed by atoms with Gasteiger partial charge in [0.25, 0.3) is 0 Å². The second-order valence-electron chi connectivity index (χ2n) is 11.4. The lowest BCUT2D eigenvalue weighted by Crippen LogP contribution is -2.64. The van der Waals surface area contributed by atoms with Crippen molar-refractivity contribution in [2.45, 2.75) is 89.2 Å². The fourth-order valence-corrected chi connectivity index (χ4v) is 6.45. The summed E-state index contributed by atoms with van der Waals surface area (Å²) in [7, 11) is -1.32. The van der Waals surface area contributed by atoms with Crippen LogP contribution in [0.1, 0.15) is 31.3 Å². The first kappa shape index (κ1) is 28.2. The van der Waals surface area contributed by atoms with Gasteiger partial charge in [0.15, 0.2) is 12.6 Å². The number of benzene rings is 2. The molecule has 6 nitrogen and oxygen atoms in total. The zero-order valence-electron chi connectivity index (χ0n) is 22.8. The quantitative estimate of drug-likeness (QED) is 0.260. The van der Waals surface area contributed by atoms with Crippen LogP contribution in [0.15, 0.2) is 72.8 Å². The van der Waals surface area contributed by atoms with Crippen molar-refractivity contribution in [1.29, 1.82) is 0 Å². The van der Waals surface area contributed by atoms with Gasteiger partial charge < -0.3 is 28.4 Å². The van der Waals surface area contributed by atoms with E-state index in [4.69, 9.17) is 28.4 Å². The van der Waals surface area contributed by atoms with Crippen LogP contribution in [0.25, 0.3) is 0 Å². The molecule has 2 aromatic carbocycles. The molecule has 0 amide bonds. The molecular formula is C30H42O6Si. The van der Waals surface area contributed by atoms with Gasteiger partial charge >= 0.3 is 0 Å². The SMILES string of the molecule is C=C(CO[C@H]1[C@@H](OC(C)C)O[C@@H]2COC(c3ccccc3)O[C@H]2[C@@H]1OCc1ccccc1)C[Si](C)(C)C. The fraction of sp³-hybridized carbons (Fsp3) is 0.533. The molecule has 0 spiro atoms. The normalized spacial score (nSPS) is 28.2. The van der Waals surface area contributed by atoms with E-state index < -0.39 is 32.9 Å². The first-order chi connectivity index (χ1) is 17.7. The van der Waals surface area contributed by atoms with Crippen molar-refractivity contribution in [3.05, 3.63) is 83.9 Å². The molecule has 0 saturated carbocycles. The Hall–Kier alpha value is -1.84. The van der Waals surface area contributed by atoms with Crippen molar-refractivity contribution in [2.24, 2.45) is 0 Å². The third-order valence-corrected chi connectivity index (χ3v) is 7.87. The van der Waals surface area contributed by atoms with Crippen LogP contribution in [0, 0.1) is 0 Å². The predicted molar refractivity (Wildman–Crippen MR) is 147 cm³/mol. The number of hydrogen-bond acceptors (Lipinski definition) is 6. The van der Waals surface area contributed by atoms with Gasteiger partial charge in [0, 0.05) is 13.6 Å². The van der Waals surface area contributed by atoms with Gasteiger partial charge in [-0.2, -0.15) is 0 Å². The van der Waals surface area contributed by atoms with Gasteiger partial charge in [0.05, 0.1) is 25.9 Å². The summed E-state index contributed by atoms with van der Waals surface area (Å²) in [5.41, 5.74) is 3.13. The molecule has 37 heavy (non-hydrogen) atoms. The first-order valence-electron chi connectivity index (χ1n) is 13.3. The van der Waals surface area contributed by atoms with E-state index in [1.165, 1.54) is 0 Å². The number of fused-ring (bicyclic) bond motifs is 1. The van der Waals surface area contributed by atoms with E-state index in [0.29, 0.717) is 19.8 Å². The predicted octanol–water partition coefficient (Wildman–Crippen LogP) is 6.12. The van der Waals surface area contributed by atoms with Crippen molar-refractivity contribution < 1.29 is 28.4 Å². The lowest BCUT2D eigenvalue weighted by Gasteiger charge is -2.49. The second-order valence-corrected chi connectivity index (χ2v) is 16.9. The van der Waals surface area contributed by atoms with E-state index >= 15 is 0 Å². The minimum Gasteiger partial charge on any atom is -0.368 e. The van der Waals surface area contributed by atoms with E-state index in [2.05, 4.69) is 38.4 Å². The highest BCUT2D eigenvalue weighted by Crippen LogP contribution is 2.37. The third-order valence-electron chi connectivity index (χ3n) is 6.31. The molecule has 7 heteroatoms. The second kappa shape index (κ2) is 12.8. The highest BCUT2D eigenvalue weighted by molar-refractivity contribution is 6.76. The van der Waals surface area contributed by atoms with E-state index in [0.717, 1.165) is 22.7 Å². The zero-order chi connectivity index (χ0) is 26.4. The highest BCUT2D eigenvalue weighted by atomic mass is 28.3. The van der Waals surface area contributed by atoms with E-state index in [1.54, 1.807) is 0 Å². The molecule has 0 bridgehead atoms. The van der Waals surface area contributed by atoms with Crippen molar-refractivity contribution in [2.75, 3.05) is 13.2 Å². The average molecular weight is 527 g/mol. The summed E-state index contributed by atoms with van der Waals surface area (Å²) in [6.45, 7) is 16.5. The largest absolute Gasteiger partial charge is 0.368 e. The van der Waals surface area contributed by atoms with Crippen LogP contribution < -0.4 is 0 Å². The molecule has 6 atom stereocenters. The molecule has 2 aliphatic heterocycles. The molecule has 0 radical (unpaired) electrons. The number of rotatable bonds is 11. The van der Waals surface area contributed by atoms with E-state index in [-0.39, 0.29) is 18.3 Å². The molecule has 0 N–H and O–H groups in total. The Labute approximate surface area is 222 Å². The Morgan fingerprint density at radius 1 is 0.946 bits per heavy atom. The van der Waals surface area contributed by atoms with Crippen molar-refractivity contribution >= 4 is 8.07 Å². The molecule has 1 unspecified atom stereocenters. The van der Waals surface area contributed by atoms with Crippen LogP contribution in [0.5, 0.6) is 0 Å². The van der Waals surface area contributed by atoms with Crippen LogP contribution in [0.3, 0.4) is 0 Å². The highest BCUT2D eigenvalue weighted by Gasteiger charge is 2.52. The summed E-state index contributed by atoms with van der Waals surface area (Å²) in [5.74, 6) is 0. The monoisotopic (exact) mass is 526 g/mol. The lowest BCUT2D eigenvalue weighted by molar-refractivity contribution is -0.374. The lowest BCUT2D eigenvalue weighted by atomic mass is 9.97. The molecule has 202 valence electrons. The first-order valence-corrected chi connectivity index (χ1v) is 17.0. The smallest absolute Gasteiger partial charge is 0.187 e. The van der Waals surface area contributed by atoms with Crippen LogP contribution in [0.2, 0.25) is 25.7 Å². The topological polar surface area (TPSA) is 55.4 Å². The Bertz CT molecular complexity index is 977. The standard InChI is InChI=1S/C30H42O6Si/c1-21(2)34-30-28(31-17-22(3)20-37(4,5)6)27(32-18-23-13-9-7-10-14-23)26-25(35-30)19-33-29(36-26)24-15-11-8-12-16-24/h7-16,21,25-30H,3,17-20H2,1-2,4-6H3/t25-,26-,27+,28-,29?,30+/m1/s1. The molecular weight excluding hydrogens is 484 g/mol. The summed E-state index contributed by atoms with van der Waals surface area (Å²) in [6.07, 6.45) is -2.78. The zero-order valence-corrected chi connectivity index (χ0v) is 23.8. The van der Waals surface area contributed by atoms with Crippen LogP contribution in [0.4, 0.5) is 0 Å². The van der Waals surface area contributed by atoms with Crippen LogP contribution in [-0.2, 0) is 35.0 Å². The van der Waals surface area contributed by atoms with Gasteiger partial charge in [-0.3, -0.25) is 0 Å². The number of hydrogen-bond donors (Lipinski definition) is 0.